The van der Waals surface area contributed by atoms with Gasteiger partial charge < -0.3 is 9.64 Å². The molecule has 9 nitrogen and oxygen atoms in total. The largest absolute Gasteiger partial charge is 0.359 e. The Labute approximate surface area is 183 Å². The molecule has 4 aromatic rings. The first-order valence-electron chi connectivity index (χ1n) is 10.1. The summed E-state index contributed by atoms with van der Waals surface area (Å²) in [5.41, 5.74) is 3.29. The molecule has 1 aromatic carbocycles. The number of pyridine rings is 1. The number of carbonyl (C=O) groups is 1. The SMILES string of the molecule is Cc1ccc(-n2nccn2)c(C(=O)N2COC[C@H]2Cn2ccc(-c3ccc(F)cn3)n2)c1. The van der Waals surface area contributed by atoms with E-state index in [0.717, 1.165) is 11.8 Å². The van der Waals surface area contributed by atoms with Crippen molar-refractivity contribution in [3.8, 4) is 17.1 Å². The Morgan fingerprint density at radius 3 is 2.78 bits per heavy atom. The van der Waals surface area contributed by atoms with Crippen molar-refractivity contribution in [3.63, 3.8) is 0 Å². The van der Waals surface area contributed by atoms with Crippen LogP contribution in [0.15, 0.2) is 61.2 Å². The van der Waals surface area contributed by atoms with E-state index >= 15 is 0 Å². The van der Waals surface area contributed by atoms with Gasteiger partial charge in [-0.05, 0) is 37.3 Å². The van der Waals surface area contributed by atoms with E-state index in [0.29, 0.717) is 35.8 Å². The van der Waals surface area contributed by atoms with Crippen LogP contribution in [0.4, 0.5) is 4.39 Å². The summed E-state index contributed by atoms with van der Waals surface area (Å²) >= 11 is 0. The smallest absolute Gasteiger partial charge is 0.258 e. The highest BCUT2D eigenvalue weighted by molar-refractivity contribution is 5.98. The summed E-state index contributed by atoms with van der Waals surface area (Å²) in [7, 11) is 0. The van der Waals surface area contributed by atoms with Crippen molar-refractivity contribution in [1.82, 2.24) is 34.7 Å². The summed E-state index contributed by atoms with van der Waals surface area (Å²) in [6.07, 6.45) is 6.11. The highest BCUT2D eigenvalue weighted by Crippen LogP contribution is 2.22. The van der Waals surface area contributed by atoms with Crippen molar-refractivity contribution < 1.29 is 13.9 Å². The lowest BCUT2D eigenvalue weighted by atomic mass is 10.1. The summed E-state index contributed by atoms with van der Waals surface area (Å²) in [5, 5.41) is 12.9. The highest BCUT2D eigenvalue weighted by Gasteiger charge is 2.32. The number of aryl methyl sites for hydroxylation is 1. The molecule has 1 aliphatic rings. The number of nitrogens with zero attached hydrogens (tertiary/aromatic N) is 7. The van der Waals surface area contributed by atoms with E-state index in [1.165, 1.54) is 10.9 Å². The number of hydrogen-bond donors (Lipinski definition) is 0. The van der Waals surface area contributed by atoms with Crippen LogP contribution in [0, 0.1) is 12.7 Å². The molecule has 0 radical (unpaired) electrons. The predicted molar refractivity (Wildman–Crippen MR) is 112 cm³/mol. The number of rotatable bonds is 5. The van der Waals surface area contributed by atoms with Crippen molar-refractivity contribution in [1.29, 1.82) is 0 Å². The van der Waals surface area contributed by atoms with Crippen molar-refractivity contribution in [2.24, 2.45) is 0 Å². The molecule has 1 amide bonds. The molecular formula is C22H20FN7O2. The van der Waals surface area contributed by atoms with E-state index in [1.807, 2.05) is 37.4 Å². The molecule has 5 rings (SSSR count). The Hall–Kier alpha value is -3.92. The van der Waals surface area contributed by atoms with Gasteiger partial charge in [-0.1, -0.05) is 11.6 Å². The molecular weight excluding hydrogens is 413 g/mol. The number of benzene rings is 1. The van der Waals surface area contributed by atoms with Crippen molar-refractivity contribution in [3.05, 3.63) is 78.1 Å². The van der Waals surface area contributed by atoms with Crippen LogP contribution in [0.2, 0.25) is 0 Å². The molecule has 32 heavy (non-hydrogen) atoms. The lowest BCUT2D eigenvalue weighted by molar-refractivity contribution is 0.0650. The molecule has 1 aliphatic heterocycles. The molecule has 0 saturated carbocycles. The standard InChI is InChI=1S/C22H20FN7O2/c1-15-2-5-21(30-25-7-8-26-30)18(10-15)22(31)29-14-32-13-17(29)12-28-9-6-20(27-28)19-4-3-16(23)11-24-19/h2-11,17H,12-14H2,1H3/t17-/m1/s1. The van der Waals surface area contributed by atoms with Gasteiger partial charge in [-0.3, -0.25) is 14.5 Å². The molecule has 1 saturated heterocycles. The van der Waals surface area contributed by atoms with Crippen LogP contribution in [-0.4, -0.2) is 59.9 Å². The summed E-state index contributed by atoms with van der Waals surface area (Å²) in [5.74, 6) is -0.553. The van der Waals surface area contributed by atoms with Crippen LogP contribution in [-0.2, 0) is 11.3 Å². The highest BCUT2D eigenvalue weighted by atomic mass is 19.1. The minimum atomic E-state index is -0.397. The van der Waals surface area contributed by atoms with Gasteiger partial charge >= 0.3 is 0 Å². The molecule has 10 heteroatoms. The summed E-state index contributed by atoms with van der Waals surface area (Å²) < 4.78 is 20.5. The summed E-state index contributed by atoms with van der Waals surface area (Å²) in [4.78, 5) is 20.7. The first kappa shape index (κ1) is 20.0. The molecule has 0 unspecified atom stereocenters. The zero-order valence-corrected chi connectivity index (χ0v) is 17.3. The van der Waals surface area contributed by atoms with Crippen molar-refractivity contribution in [2.75, 3.05) is 13.3 Å². The fourth-order valence-corrected chi connectivity index (χ4v) is 3.69. The maximum atomic E-state index is 13.5. The molecule has 1 fully saturated rings. The molecule has 0 bridgehead atoms. The molecule has 1 atom stereocenters. The number of ether oxygens (including phenoxy) is 1. The maximum Gasteiger partial charge on any atom is 0.258 e. The quantitative estimate of drug-likeness (QED) is 0.480. The molecule has 4 heterocycles. The molecule has 0 spiro atoms. The van der Waals surface area contributed by atoms with E-state index in [1.54, 1.807) is 28.0 Å². The lowest BCUT2D eigenvalue weighted by Crippen LogP contribution is -2.40. The van der Waals surface area contributed by atoms with Crippen molar-refractivity contribution in [2.45, 2.75) is 19.5 Å². The average molecular weight is 433 g/mol. The number of hydrogen-bond acceptors (Lipinski definition) is 6. The third kappa shape index (κ3) is 3.87. The van der Waals surface area contributed by atoms with Gasteiger partial charge in [-0.2, -0.15) is 20.1 Å². The molecule has 0 N–H and O–H groups in total. The summed E-state index contributed by atoms with van der Waals surface area (Å²) in [6, 6.07) is 10.1. The monoisotopic (exact) mass is 433 g/mol. The van der Waals surface area contributed by atoms with Gasteiger partial charge in [-0.25, -0.2) is 4.39 Å². The Bertz CT molecular complexity index is 1240. The Kier molecular flexibility index (Phi) is 5.20. The average Bonchev–Trinajstić information content (AvgIpc) is 3.56. The second-order valence-corrected chi connectivity index (χ2v) is 7.55. The van der Waals surface area contributed by atoms with E-state index in [9.17, 15) is 9.18 Å². The second kappa shape index (κ2) is 8.31. The third-order valence-corrected chi connectivity index (χ3v) is 5.29. The maximum absolute atomic E-state index is 13.5. The second-order valence-electron chi connectivity index (χ2n) is 7.55. The van der Waals surface area contributed by atoms with E-state index in [2.05, 4.69) is 20.3 Å². The fraction of sp³-hybridized carbons (Fsp3) is 0.227. The Morgan fingerprint density at radius 2 is 2.00 bits per heavy atom. The first-order valence-corrected chi connectivity index (χ1v) is 10.1. The van der Waals surface area contributed by atoms with Crippen LogP contribution >= 0.6 is 0 Å². The predicted octanol–water partition coefficient (Wildman–Crippen LogP) is 2.47. The minimum absolute atomic E-state index is 0.156. The topological polar surface area (TPSA) is 91.0 Å². The molecule has 162 valence electrons. The zero-order valence-electron chi connectivity index (χ0n) is 17.3. The van der Waals surface area contributed by atoms with Gasteiger partial charge in [0.15, 0.2) is 0 Å². The van der Waals surface area contributed by atoms with Crippen LogP contribution in [0.5, 0.6) is 0 Å². The van der Waals surface area contributed by atoms with Crippen molar-refractivity contribution >= 4 is 5.91 Å². The Morgan fingerprint density at radius 1 is 1.16 bits per heavy atom. The number of aromatic nitrogens is 6. The normalized spacial score (nSPS) is 15.9. The number of carbonyl (C=O) groups excluding carboxylic acids is 1. The van der Waals surface area contributed by atoms with Gasteiger partial charge in [0.1, 0.15) is 18.2 Å². The van der Waals surface area contributed by atoms with E-state index in [-0.39, 0.29) is 18.7 Å². The minimum Gasteiger partial charge on any atom is -0.359 e. The van der Waals surface area contributed by atoms with E-state index < -0.39 is 5.82 Å². The van der Waals surface area contributed by atoms with Crippen LogP contribution in [0.25, 0.3) is 17.1 Å². The summed E-state index contributed by atoms with van der Waals surface area (Å²) in [6.45, 7) is 2.98. The lowest BCUT2D eigenvalue weighted by Gasteiger charge is -2.23. The van der Waals surface area contributed by atoms with Crippen LogP contribution in [0.1, 0.15) is 15.9 Å². The van der Waals surface area contributed by atoms with E-state index in [4.69, 9.17) is 4.74 Å². The van der Waals surface area contributed by atoms with Gasteiger partial charge in [0.2, 0.25) is 0 Å². The van der Waals surface area contributed by atoms with Crippen LogP contribution in [0.3, 0.4) is 0 Å². The zero-order chi connectivity index (χ0) is 22.1. The number of amides is 1. The van der Waals surface area contributed by atoms with Gasteiger partial charge in [0, 0.05) is 6.20 Å². The fourth-order valence-electron chi connectivity index (χ4n) is 3.69. The first-order chi connectivity index (χ1) is 15.6. The molecule has 0 aliphatic carbocycles. The third-order valence-electron chi connectivity index (χ3n) is 5.29. The number of halogens is 1. The Balaban J connectivity index is 1.37. The molecule has 3 aromatic heterocycles. The van der Waals surface area contributed by atoms with Gasteiger partial charge in [0.05, 0.1) is 54.7 Å². The van der Waals surface area contributed by atoms with Gasteiger partial charge in [-0.15, -0.1) is 0 Å². The van der Waals surface area contributed by atoms with Gasteiger partial charge in [0.25, 0.3) is 5.91 Å². The van der Waals surface area contributed by atoms with Crippen LogP contribution < -0.4 is 0 Å².